The fourth-order valence-electron chi connectivity index (χ4n) is 4.32. The van der Waals surface area contributed by atoms with E-state index in [1.807, 2.05) is 20.8 Å². The Bertz CT molecular complexity index is 786. The minimum Gasteiger partial charge on any atom is -0.307 e. The summed E-state index contributed by atoms with van der Waals surface area (Å²) in [6.45, 7) is 7.26. The van der Waals surface area contributed by atoms with Crippen LogP contribution in [0.3, 0.4) is 0 Å². The van der Waals surface area contributed by atoms with Crippen molar-refractivity contribution in [2.75, 3.05) is 24.2 Å². The molecule has 6 nitrogen and oxygen atoms in total. The Morgan fingerprint density at radius 1 is 1.11 bits per heavy atom. The Labute approximate surface area is 162 Å². The Balaban J connectivity index is 1.68. The van der Waals surface area contributed by atoms with E-state index in [9.17, 15) is 13.2 Å². The average molecular weight is 394 g/mol. The van der Waals surface area contributed by atoms with Crippen LogP contribution in [-0.2, 0) is 35.7 Å². The molecule has 27 heavy (non-hydrogen) atoms. The summed E-state index contributed by atoms with van der Waals surface area (Å²) in [6.07, 6.45) is 6.16. The molecule has 2 amide bonds. The first-order chi connectivity index (χ1) is 12.8. The molecule has 0 unspecified atom stereocenters. The standard InChI is InChI=1S/C20H31N3O3S/c1-4-23(14(2)3)11-12-27(25,26)22-20(24)21-19-17-9-5-7-15(17)13-16-8-6-10-18(16)19/h13-14H,4-12H2,1-3H3,(H2,21,22,24). The number of hydrogen-bond donors (Lipinski definition) is 2. The van der Waals surface area contributed by atoms with Gasteiger partial charge in [0.2, 0.25) is 10.0 Å². The number of aryl methyl sites for hydroxylation is 2. The Hall–Kier alpha value is -1.60. The van der Waals surface area contributed by atoms with E-state index in [-0.39, 0.29) is 11.8 Å². The van der Waals surface area contributed by atoms with Crippen molar-refractivity contribution in [1.29, 1.82) is 0 Å². The molecule has 0 saturated carbocycles. The van der Waals surface area contributed by atoms with Crippen LogP contribution >= 0.6 is 0 Å². The van der Waals surface area contributed by atoms with Crippen LogP contribution < -0.4 is 10.0 Å². The first kappa shape index (κ1) is 20.1. The lowest BCUT2D eigenvalue weighted by atomic mass is 9.99. The maximum Gasteiger partial charge on any atom is 0.332 e. The molecule has 0 fully saturated rings. The van der Waals surface area contributed by atoms with Crippen LogP contribution in [0.4, 0.5) is 10.5 Å². The zero-order valence-electron chi connectivity index (χ0n) is 16.6. The molecular formula is C20H31N3O3S. The summed E-state index contributed by atoms with van der Waals surface area (Å²) in [7, 11) is -3.67. The number of fused-ring (bicyclic) bond motifs is 2. The largest absolute Gasteiger partial charge is 0.332 e. The number of urea groups is 1. The van der Waals surface area contributed by atoms with Crippen LogP contribution in [0.1, 0.15) is 55.9 Å². The molecule has 1 aromatic carbocycles. The summed E-state index contributed by atoms with van der Waals surface area (Å²) >= 11 is 0. The lowest BCUT2D eigenvalue weighted by molar-refractivity contribution is 0.247. The molecule has 2 aliphatic rings. The number of carbonyl (C=O) groups excluding carboxylic acids is 1. The van der Waals surface area contributed by atoms with Gasteiger partial charge >= 0.3 is 6.03 Å². The third-order valence-corrected chi connectivity index (χ3v) is 6.96. The van der Waals surface area contributed by atoms with Crippen LogP contribution in [0.25, 0.3) is 0 Å². The molecule has 0 heterocycles. The SMILES string of the molecule is CCN(CCS(=O)(=O)NC(=O)Nc1c2c(cc3c1CCC3)CCC2)C(C)C. The molecule has 0 spiro atoms. The molecular weight excluding hydrogens is 362 g/mol. The van der Waals surface area contributed by atoms with Gasteiger partial charge < -0.3 is 10.2 Å². The number of carbonyl (C=O) groups is 1. The quantitative estimate of drug-likeness (QED) is 0.747. The fraction of sp³-hybridized carbons (Fsp3) is 0.650. The third kappa shape index (κ3) is 4.63. The lowest BCUT2D eigenvalue weighted by Gasteiger charge is -2.24. The lowest BCUT2D eigenvalue weighted by Crippen LogP contribution is -2.41. The van der Waals surface area contributed by atoms with Crippen molar-refractivity contribution in [2.45, 2.75) is 65.3 Å². The summed E-state index contributed by atoms with van der Waals surface area (Å²) in [4.78, 5) is 14.5. The van der Waals surface area contributed by atoms with E-state index < -0.39 is 16.1 Å². The van der Waals surface area contributed by atoms with Crippen molar-refractivity contribution < 1.29 is 13.2 Å². The minimum absolute atomic E-state index is 0.0859. The van der Waals surface area contributed by atoms with Crippen LogP contribution in [-0.4, -0.2) is 44.2 Å². The zero-order valence-corrected chi connectivity index (χ0v) is 17.4. The number of hydrogen-bond acceptors (Lipinski definition) is 4. The highest BCUT2D eigenvalue weighted by atomic mass is 32.2. The first-order valence-electron chi connectivity index (χ1n) is 10.0. The summed E-state index contributed by atoms with van der Waals surface area (Å²) in [5.41, 5.74) is 5.87. The highest BCUT2D eigenvalue weighted by Crippen LogP contribution is 2.38. The average Bonchev–Trinajstić information content (AvgIpc) is 3.23. The fourth-order valence-corrected chi connectivity index (χ4v) is 5.23. The topological polar surface area (TPSA) is 78.5 Å². The molecule has 1 aromatic rings. The highest BCUT2D eigenvalue weighted by molar-refractivity contribution is 7.90. The predicted molar refractivity (Wildman–Crippen MR) is 109 cm³/mol. The van der Waals surface area contributed by atoms with Crippen LogP contribution in [0.5, 0.6) is 0 Å². The van der Waals surface area contributed by atoms with E-state index in [2.05, 4.69) is 21.0 Å². The maximum atomic E-state index is 12.5. The number of benzene rings is 1. The third-order valence-electron chi connectivity index (χ3n) is 5.74. The van der Waals surface area contributed by atoms with Crippen molar-refractivity contribution in [3.63, 3.8) is 0 Å². The van der Waals surface area contributed by atoms with Crippen molar-refractivity contribution in [3.05, 3.63) is 28.3 Å². The van der Waals surface area contributed by atoms with Crippen LogP contribution in [0.2, 0.25) is 0 Å². The second-order valence-electron chi connectivity index (χ2n) is 7.83. The molecule has 7 heteroatoms. The summed E-state index contributed by atoms with van der Waals surface area (Å²) in [5, 5.41) is 2.88. The number of anilines is 1. The normalized spacial score (nSPS) is 15.9. The van der Waals surface area contributed by atoms with Crippen molar-refractivity contribution in [3.8, 4) is 0 Å². The van der Waals surface area contributed by atoms with Gasteiger partial charge in [0.25, 0.3) is 0 Å². The zero-order chi connectivity index (χ0) is 19.6. The number of amides is 2. The number of rotatable bonds is 7. The minimum atomic E-state index is -3.67. The smallest absolute Gasteiger partial charge is 0.307 e. The van der Waals surface area contributed by atoms with Gasteiger partial charge in [0.05, 0.1) is 5.75 Å². The van der Waals surface area contributed by atoms with Crippen LogP contribution in [0, 0.1) is 0 Å². The van der Waals surface area contributed by atoms with E-state index in [1.165, 1.54) is 22.3 Å². The first-order valence-corrected chi connectivity index (χ1v) is 11.7. The van der Waals surface area contributed by atoms with E-state index in [0.29, 0.717) is 6.54 Å². The van der Waals surface area contributed by atoms with Crippen molar-refractivity contribution in [1.82, 2.24) is 9.62 Å². The predicted octanol–water partition coefficient (Wildman–Crippen LogP) is 2.85. The maximum absolute atomic E-state index is 12.5. The molecule has 150 valence electrons. The van der Waals surface area contributed by atoms with E-state index >= 15 is 0 Å². The van der Waals surface area contributed by atoms with Gasteiger partial charge in [0, 0.05) is 18.3 Å². The molecule has 0 saturated heterocycles. The molecule has 0 atom stereocenters. The summed E-state index contributed by atoms with van der Waals surface area (Å²) in [5.74, 6) is -0.0859. The molecule has 0 radical (unpaired) electrons. The highest BCUT2D eigenvalue weighted by Gasteiger charge is 2.26. The van der Waals surface area contributed by atoms with Gasteiger partial charge in [-0.05, 0) is 81.2 Å². The number of sulfonamides is 1. The van der Waals surface area contributed by atoms with Gasteiger partial charge in [-0.2, -0.15) is 0 Å². The van der Waals surface area contributed by atoms with E-state index in [0.717, 1.165) is 50.8 Å². The second kappa shape index (κ2) is 8.19. The van der Waals surface area contributed by atoms with E-state index in [1.54, 1.807) is 0 Å². The molecule has 0 aliphatic heterocycles. The van der Waals surface area contributed by atoms with Crippen molar-refractivity contribution in [2.24, 2.45) is 0 Å². The molecule has 2 aliphatic carbocycles. The Morgan fingerprint density at radius 3 is 2.22 bits per heavy atom. The molecule has 0 bridgehead atoms. The number of nitrogens with zero attached hydrogens (tertiary/aromatic N) is 1. The van der Waals surface area contributed by atoms with Gasteiger partial charge in [0.15, 0.2) is 0 Å². The monoisotopic (exact) mass is 393 g/mol. The number of nitrogens with one attached hydrogen (secondary N) is 2. The van der Waals surface area contributed by atoms with E-state index in [4.69, 9.17) is 0 Å². The van der Waals surface area contributed by atoms with Crippen LogP contribution in [0.15, 0.2) is 6.07 Å². The van der Waals surface area contributed by atoms with Gasteiger partial charge in [-0.3, -0.25) is 0 Å². The van der Waals surface area contributed by atoms with Crippen molar-refractivity contribution >= 4 is 21.7 Å². The second-order valence-corrected chi connectivity index (χ2v) is 9.67. The van der Waals surface area contributed by atoms with Gasteiger partial charge in [-0.1, -0.05) is 13.0 Å². The van der Waals surface area contributed by atoms with Gasteiger partial charge in [0.1, 0.15) is 0 Å². The Morgan fingerprint density at radius 2 is 1.70 bits per heavy atom. The van der Waals surface area contributed by atoms with Gasteiger partial charge in [-0.25, -0.2) is 17.9 Å². The summed E-state index contributed by atoms with van der Waals surface area (Å²) in [6, 6.07) is 1.92. The van der Waals surface area contributed by atoms with Gasteiger partial charge in [-0.15, -0.1) is 0 Å². The summed E-state index contributed by atoms with van der Waals surface area (Å²) < 4.78 is 26.9. The molecule has 0 aromatic heterocycles. The molecule has 2 N–H and O–H groups in total. The molecule has 3 rings (SSSR count). The Kier molecular flexibility index (Phi) is 6.11.